The van der Waals surface area contributed by atoms with Crippen LogP contribution in [0.2, 0.25) is 0 Å². The fourth-order valence-electron chi connectivity index (χ4n) is 10.4. The van der Waals surface area contributed by atoms with E-state index in [0.29, 0.717) is 0 Å². The Labute approximate surface area is 389 Å². The van der Waals surface area contributed by atoms with Gasteiger partial charge < -0.3 is 14.0 Å². The van der Waals surface area contributed by atoms with E-state index in [9.17, 15) is 0 Å². The van der Waals surface area contributed by atoms with E-state index < -0.39 is 0 Å². The summed E-state index contributed by atoms with van der Waals surface area (Å²) in [5, 5.41) is 7.38. The molecule has 0 saturated heterocycles. The molecule has 67 heavy (non-hydrogen) atoms. The highest BCUT2D eigenvalue weighted by molar-refractivity contribution is 6.13. The monoisotopic (exact) mass is 853 g/mol. The summed E-state index contributed by atoms with van der Waals surface area (Å²) in [6, 6.07) is 94.9. The number of anilines is 3. The van der Waals surface area contributed by atoms with Crippen LogP contribution in [0.3, 0.4) is 0 Å². The summed E-state index contributed by atoms with van der Waals surface area (Å²) < 4.78 is 4.77. The highest BCUT2D eigenvalue weighted by Crippen LogP contribution is 2.44. The van der Waals surface area contributed by atoms with Crippen LogP contribution in [-0.4, -0.2) is 9.13 Å². The second kappa shape index (κ2) is 16.0. The minimum atomic E-state index is 1.09. The molecular weight excluding hydrogens is 811 g/mol. The average Bonchev–Trinajstić information content (AvgIpc) is 3.92. The Morgan fingerprint density at radius 3 is 1.30 bits per heavy atom. The normalized spacial score (nSPS) is 11.6. The fraction of sp³-hybridized carbons (Fsp3) is 0. The van der Waals surface area contributed by atoms with Crippen LogP contribution in [0.25, 0.3) is 99.1 Å². The van der Waals surface area contributed by atoms with Gasteiger partial charge in [0.2, 0.25) is 0 Å². The van der Waals surface area contributed by atoms with Crippen molar-refractivity contribution in [2.75, 3.05) is 4.90 Å². The third kappa shape index (κ3) is 6.51. The maximum atomic E-state index is 2.41. The van der Waals surface area contributed by atoms with E-state index in [2.05, 4.69) is 275 Å². The molecule has 0 fully saturated rings. The van der Waals surface area contributed by atoms with Crippen molar-refractivity contribution < 1.29 is 0 Å². The van der Waals surface area contributed by atoms with Crippen LogP contribution in [0.1, 0.15) is 0 Å². The summed E-state index contributed by atoms with van der Waals surface area (Å²) in [6.07, 6.45) is 0. The SMILES string of the molecule is c1ccc(-c2ccc(N(c3ccc(-c4ccc5c(c4)c4ccccc4n5-c4ccccc4)cc3)c3ccc(-c4ccc5c6ccccc6n(-c6ccccc6)c5c4)c4ccccc34)cc2)cc1. The van der Waals surface area contributed by atoms with Crippen LogP contribution in [0.15, 0.2) is 261 Å². The number of para-hydroxylation sites is 4. The molecule has 13 rings (SSSR count). The summed E-state index contributed by atoms with van der Waals surface area (Å²) in [5.41, 5.74) is 17.6. The highest BCUT2D eigenvalue weighted by Gasteiger charge is 2.20. The topological polar surface area (TPSA) is 13.1 Å². The van der Waals surface area contributed by atoms with Gasteiger partial charge in [-0.15, -0.1) is 0 Å². The Kier molecular flexibility index (Phi) is 9.17. The molecule has 314 valence electrons. The van der Waals surface area contributed by atoms with Gasteiger partial charge in [-0.1, -0.05) is 176 Å². The smallest absolute Gasteiger partial charge is 0.0547 e. The molecule has 2 heterocycles. The van der Waals surface area contributed by atoms with Gasteiger partial charge in [-0.25, -0.2) is 0 Å². The van der Waals surface area contributed by atoms with Gasteiger partial charge in [-0.3, -0.25) is 0 Å². The molecule has 3 nitrogen and oxygen atoms in total. The first kappa shape index (κ1) is 38.5. The number of benzene rings is 11. The quantitative estimate of drug-likeness (QED) is 0.148. The third-order valence-electron chi connectivity index (χ3n) is 13.5. The lowest BCUT2D eigenvalue weighted by Gasteiger charge is -2.28. The van der Waals surface area contributed by atoms with Crippen molar-refractivity contribution in [3.05, 3.63) is 261 Å². The predicted octanol–water partition coefficient (Wildman–Crippen LogP) is 17.5. The molecule has 0 aliphatic heterocycles. The maximum Gasteiger partial charge on any atom is 0.0547 e. The van der Waals surface area contributed by atoms with Crippen molar-refractivity contribution in [2.45, 2.75) is 0 Å². The number of rotatable bonds is 8. The molecule has 0 aliphatic carbocycles. The zero-order chi connectivity index (χ0) is 44.3. The lowest BCUT2D eigenvalue weighted by molar-refractivity contribution is 1.18. The highest BCUT2D eigenvalue weighted by atomic mass is 15.1. The summed E-state index contributed by atoms with van der Waals surface area (Å²) in [7, 11) is 0. The van der Waals surface area contributed by atoms with Crippen molar-refractivity contribution in [3.8, 4) is 44.8 Å². The zero-order valence-electron chi connectivity index (χ0n) is 36.7. The lowest BCUT2D eigenvalue weighted by atomic mass is 9.95. The van der Waals surface area contributed by atoms with Crippen molar-refractivity contribution in [1.29, 1.82) is 0 Å². The van der Waals surface area contributed by atoms with Crippen molar-refractivity contribution >= 4 is 71.4 Å². The lowest BCUT2D eigenvalue weighted by Crippen LogP contribution is -2.10. The number of aromatic nitrogens is 2. The summed E-state index contributed by atoms with van der Waals surface area (Å²) in [6.45, 7) is 0. The Balaban J connectivity index is 0.941. The number of nitrogens with zero attached hydrogens (tertiary/aromatic N) is 3. The van der Waals surface area contributed by atoms with Crippen molar-refractivity contribution in [3.63, 3.8) is 0 Å². The van der Waals surface area contributed by atoms with Crippen LogP contribution < -0.4 is 4.90 Å². The Hall–Kier alpha value is -8.92. The van der Waals surface area contributed by atoms with Gasteiger partial charge in [-0.2, -0.15) is 0 Å². The van der Waals surface area contributed by atoms with Crippen LogP contribution in [0.5, 0.6) is 0 Å². The standard InChI is InChI=1S/C64H43N3/c1-4-16-44(17-5-1)45-28-34-51(35-29-45)65(52-36-30-46(31-37-52)47-33-40-63-59(42-47)57-25-13-15-27-61(57)66(63)49-18-6-2-7-19-49)62-41-39-53(54-22-10-11-23-55(54)62)48-32-38-58-56-24-12-14-26-60(56)67(64(58)43-48)50-20-8-3-9-21-50/h1-43H. The van der Waals surface area contributed by atoms with E-state index in [-0.39, 0.29) is 0 Å². The number of hydrogen-bond donors (Lipinski definition) is 0. The molecule has 3 heteroatoms. The number of hydrogen-bond acceptors (Lipinski definition) is 1. The van der Waals surface area contributed by atoms with E-state index in [1.165, 1.54) is 87.8 Å². The first-order valence-electron chi connectivity index (χ1n) is 23.0. The van der Waals surface area contributed by atoms with Gasteiger partial charge in [0, 0.05) is 49.7 Å². The molecule has 0 saturated carbocycles. The molecule has 0 radical (unpaired) electrons. The molecule has 0 bridgehead atoms. The minimum Gasteiger partial charge on any atom is -0.310 e. The van der Waals surface area contributed by atoms with E-state index in [4.69, 9.17) is 0 Å². The van der Waals surface area contributed by atoms with E-state index in [1.807, 2.05) is 0 Å². The Morgan fingerprint density at radius 1 is 0.239 bits per heavy atom. The predicted molar refractivity (Wildman–Crippen MR) is 284 cm³/mol. The van der Waals surface area contributed by atoms with Crippen molar-refractivity contribution in [2.24, 2.45) is 0 Å². The van der Waals surface area contributed by atoms with E-state index >= 15 is 0 Å². The molecule has 0 amide bonds. The molecule has 0 atom stereocenters. The molecule has 2 aromatic heterocycles. The van der Waals surface area contributed by atoms with Gasteiger partial charge in [-0.05, 0) is 124 Å². The third-order valence-corrected chi connectivity index (χ3v) is 13.5. The maximum absolute atomic E-state index is 2.41. The largest absolute Gasteiger partial charge is 0.310 e. The summed E-state index contributed by atoms with van der Waals surface area (Å²) >= 11 is 0. The molecule has 0 N–H and O–H groups in total. The van der Waals surface area contributed by atoms with Gasteiger partial charge in [0.1, 0.15) is 0 Å². The molecule has 0 spiro atoms. The molecule has 11 aromatic carbocycles. The molecular formula is C64H43N3. The molecule has 0 aliphatic rings. The van der Waals surface area contributed by atoms with Crippen LogP contribution in [-0.2, 0) is 0 Å². The van der Waals surface area contributed by atoms with Gasteiger partial charge in [0.05, 0.1) is 27.8 Å². The first-order valence-corrected chi connectivity index (χ1v) is 23.0. The molecule has 0 unspecified atom stereocenters. The van der Waals surface area contributed by atoms with Crippen LogP contribution in [0, 0.1) is 0 Å². The Morgan fingerprint density at radius 2 is 0.672 bits per heavy atom. The summed E-state index contributed by atoms with van der Waals surface area (Å²) in [5.74, 6) is 0. The van der Waals surface area contributed by atoms with E-state index in [1.54, 1.807) is 0 Å². The summed E-state index contributed by atoms with van der Waals surface area (Å²) in [4.78, 5) is 2.41. The van der Waals surface area contributed by atoms with Crippen LogP contribution in [0.4, 0.5) is 17.1 Å². The van der Waals surface area contributed by atoms with Crippen molar-refractivity contribution in [1.82, 2.24) is 9.13 Å². The van der Waals surface area contributed by atoms with Gasteiger partial charge in [0.15, 0.2) is 0 Å². The average molecular weight is 854 g/mol. The van der Waals surface area contributed by atoms with E-state index in [0.717, 1.165) is 28.4 Å². The Bertz CT molecular complexity index is 3940. The zero-order valence-corrected chi connectivity index (χ0v) is 36.7. The second-order valence-corrected chi connectivity index (χ2v) is 17.3. The fourth-order valence-corrected chi connectivity index (χ4v) is 10.4. The number of fused-ring (bicyclic) bond motifs is 7. The second-order valence-electron chi connectivity index (χ2n) is 17.3. The minimum absolute atomic E-state index is 1.09. The molecule has 13 aromatic rings. The first-order chi connectivity index (χ1) is 33.2. The van der Waals surface area contributed by atoms with Gasteiger partial charge >= 0.3 is 0 Å². The van der Waals surface area contributed by atoms with Crippen LogP contribution >= 0.6 is 0 Å². The van der Waals surface area contributed by atoms with Gasteiger partial charge in [0.25, 0.3) is 0 Å².